The lowest BCUT2D eigenvalue weighted by atomic mass is 10.1. The SMILES string of the molecule is C[Si](C)C1CC=CCC1. The quantitative estimate of drug-likeness (QED) is 0.387. The molecule has 1 aliphatic rings. The van der Waals surface area contributed by atoms with Gasteiger partial charge in [0.05, 0.1) is 0 Å². The van der Waals surface area contributed by atoms with E-state index in [1.165, 1.54) is 19.3 Å². The Morgan fingerprint density at radius 3 is 2.44 bits per heavy atom. The van der Waals surface area contributed by atoms with Crippen molar-refractivity contribution in [1.29, 1.82) is 0 Å². The Labute approximate surface area is 59.6 Å². The molecule has 51 valence electrons. The number of rotatable bonds is 1. The summed E-state index contributed by atoms with van der Waals surface area (Å²) in [7, 11) is 0.0135. The molecule has 9 heavy (non-hydrogen) atoms. The minimum absolute atomic E-state index is 0.0135. The molecule has 1 heteroatoms. The van der Waals surface area contributed by atoms with Crippen molar-refractivity contribution in [3.05, 3.63) is 12.2 Å². The third kappa shape index (κ3) is 1.97. The molecule has 0 amide bonds. The second kappa shape index (κ2) is 3.21. The van der Waals surface area contributed by atoms with Gasteiger partial charge >= 0.3 is 0 Å². The van der Waals surface area contributed by atoms with Crippen LogP contribution >= 0.6 is 0 Å². The van der Waals surface area contributed by atoms with E-state index >= 15 is 0 Å². The van der Waals surface area contributed by atoms with Crippen molar-refractivity contribution in [3.8, 4) is 0 Å². The number of hydrogen-bond acceptors (Lipinski definition) is 0. The first-order valence-corrected chi connectivity index (χ1v) is 6.33. The van der Waals surface area contributed by atoms with E-state index in [0.717, 1.165) is 5.54 Å². The van der Waals surface area contributed by atoms with Crippen LogP contribution in [0.15, 0.2) is 12.2 Å². The zero-order valence-corrected chi connectivity index (χ0v) is 7.35. The van der Waals surface area contributed by atoms with Crippen LogP contribution in [-0.2, 0) is 0 Å². The highest BCUT2D eigenvalue weighted by molar-refractivity contribution is 6.57. The smallest absolute Gasteiger partial charge is 0.0449 e. The molecule has 0 saturated heterocycles. The Balaban J connectivity index is 2.35. The Kier molecular flexibility index (Phi) is 2.52. The summed E-state index contributed by atoms with van der Waals surface area (Å²) in [5.41, 5.74) is 1.07. The fourth-order valence-electron chi connectivity index (χ4n) is 1.32. The molecule has 0 saturated carbocycles. The van der Waals surface area contributed by atoms with Crippen molar-refractivity contribution in [3.63, 3.8) is 0 Å². The van der Waals surface area contributed by atoms with Crippen LogP contribution < -0.4 is 0 Å². The van der Waals surface area contributed by atoms with E-state index in [-0.39, 0.29) is 8.80 Å². The minimum atomic E-state index is 0.0135. The molecule has 1 radical (unpaired) electrons. The van der Waals surface area contributed by atoms with Crippen LogP contribution in [0.2, 0.25) is 18.6 Å². The van der Waals surface area contributed by atoms with Gasteiger partial charge in [-0.05, 0) is 24.8 Å². The summed E-state index contributed by atoms with van der Waals surface area (Å²) in [5, 5.41) is 0. The van der Waals surface area contributed by atoms with E-state index in [2.05, 4.69) is 25.2 Å². The Morgan fingerprint density at radius 1 is 1.33 bits per heavy atom. The van der Waals surface area contributed by atoms with E-state index in [0.29, 0.717) is 0 Å². The van der Waals surface area contributed by atoms with Gasteiger partial charge in [-0.15, -0.1) is 0 Å². The van der Waals surface area contributed by atoms with Gasteiger partial charge in [0.25, 0.3) is 0 Å². The topological polar surface area (TPSA) is 0 Å². The first-order valence-electron chi connectivity index (χ1n) is 3.76. The van der Waals surface area contributed by atoms with E-state index < -0.39 is 0 Å². The van der Waals surface area contributed by atoms with Crippen molar-refractivity contribution in [2.24, 2.45) is 0 Å². The Bertz CT molecular complexity index is 105. The summed E-state index contributed by atoms with van der Waals surface area (Å²) in [4.78, 5) is 0. The summed E-state index contributed by atoms with van der Waals surface area (Å²) < 4.78 is 0. The van der Waals surface area contributed by atoms with Crippen LogP contribution in [0.1, 0.15) is 19.3 Å². The zero-order valence-electron chi connectivity index (χ0n) is 6.35. The molecule has 1 unspecified atom stereocenters. The molecule has 1 atom stereocenters. The molecule has 0 nitrogen and oxygen atoms in total. The molecule has 0 spiro atoms. The van der Waals surface area contributed by atoms with E-state index in [9.17, 15) is 0 Å². The molecule has 0 aromatic heterocycles. The third-order valence-electron chi connectivity index (χ3n) is 2.09. The predicted octanol–water partition coefficient (Wildman–Crippen LogP) is 2.85. The van der Waals surface area contributed by atoms with Gasteiger partial charge in [0.1, 0.15) is 0 Å². The lowest BCUT2D eigenvalue weighted by Crippen LogP contribution is -2.12. The van der Waals surface area contributed by atoms with Gasteiger partial charge in [0.15, 0.2) is 0 Å². The molecule has 0 heterocycles. The van der Waals surface area contributed by atoms with Crippen LogP contribution in [0.3, 0.4) is 0 Å². The monoisotopic (exact) mass is 139 g/mol. The molecule has 1 aliphatic carbocycles. The third-order valence-corrected chi connectivity index (χ3v) is 4.24. The zero-order chi connectivity index (χ0) is 6.69. The van der Waals surface area contributed by atoms with Crippen LogP contribution in [0.5, 0.6) is 0 Å². The molecular weight excluding hydrogens is 124 g/mol. The maximum Gasteiger partial charge on any atom is 0.0449 e. The normalized spacial score (nSPS) is 27.2. The first-order chi connectivity index (χ1) is 4.30. The van der Waals surface area contributed by atoms with Crippen molar-refractivity contribution >= 4 is 8.80 Å². The molecular formula is C8H15Si. The van der Waals surface area contributed by atoms with Crippen LogP contribution in [0.25, 0.3) is 0 Å². The summed E-state index contributed by atoms with van der Waals surface area (Å²) in [5.74, 6) is 0. The van der Waals surface area contributed by atoms with Crippen molar-refractivity contribution < 1.29 is 0 Å². The van der Waals surface area contributed by atoms with Crippen LogP contribution in [0.4, 0.5) is 0 Å². The lowest BCUT2D eigenvalue weighted by molar-refractivity contribution is 0.713. The summed E-state index contributed by atoms with van der Waals surface area (Å²) in [6.07, 6.45) is 8.83. The van der Waals surface area contributed by atoms with Gasteiger partial charge in [-0.25, -0.2) is 0 Å². The molecule has 0 aliphatic heterocycles. The van der Waals surface area contributed by atoms with Crippen LogP contribution in [0, 0.1) is 0 Å². The average molecular weight is 139 g/mol. The van der Waals surface area contributed by atoms with Gasteiger partial charge in [-0.3, -0.25) is 0 Å². The first kappa shape index (κ1) is 7.07. The fraction of sp³-hybridized carbons (Fsp3) is 0.750. The number of hydrogen-bond donors (Lipinski definition) is 0. The van der Waals surface area contributed by atoms with Crippen molar-refractivity contribution in [2.45, 2.75) is 37.9 Å². The molecule has 0 fully saturated rings. The second-order valence-corrected chi connectivity index (χ2v) is 6.03. The van der Waals surface area contributed by atoms with E-state index in [1.807, 2.05) is 0 Å². The highest BCUT2D eigenvalue weighted by Gasteiger charge is 2.13. The minimum Gasteiger partial charge on any atom is -0.0886 e. The maximum atomic E-state index is 2.43. The summed E-state index contributed by atoms with van der Waals surface area (Å²) in [6.45, 7) is 4.85. The van der Waals surface area contributed by atoms with E-state index in [1.54, 1.807) is 0 Å². The van der Waals surface area contributed by atoms with Crippen LogP contribution in [-0.4, -0.2) is 8.80 Å². The predicted molar refractivity (Wildman–Crippen MR) is 44.2 cm³/mol. The Morgan fingerprint density at radius 2 is 2.11 bits per heavy atom. The summed E-state index contributed by atoms with van der Waals surface area (Å²) in [6, 6.07) is 0. The second-order valence-electron chi connectivity index (χ2n) is 3.06. The number of allylic oxidation sites excluding steroid dienone is 2. The highest BCUT2D eigenvalue weighted by Crippen LogP contribution is 2.26. The van der Waals surface area contributed by atoms with Gasteiger partial charge < -0.3 is 0 Å². The van der Waals surface area contributed by atoms with E-state index in [4.69, 9.17) is 0 Å². The molecule has 1 rings (SSSR count). The van der Waals surface area contributed by atoms with Gasteiger partial charge in [-0.1, -0.05) is 25.2 Å². The Hall–Kier alpha value is -0.0431. The van der Waals surface area contributed by atoms with Crippen molar-refractivity contribution in [2.75, 3.05) is 0 Å². The standard InChI is InChI=1S/C8H15Si/c1-9(2)8-6-4-3-5-7-8/h3-4,8H,5-7H2,1-2H3. The van der Waals surface area contributed by atoms with Gasteiger partial charge in [0.2, 0.25) is 0 Å². The summed E-state index contributed by atoms with van der Waals surface area (Å²) >= 11 is 0. The molecule has 0 bridgehead atoms. The molecule has 0 aromatic carbocycles. The average Bonchev–Trinajstić information content (AvgIpc) is 1.90. The largest absolute Gasteiger partial charge is 0.0886 e. The highest BCUT2D eigenvalue weighted by atomic mass is 28.3. The van der Waals surface area contributed by atoms with Crippen molar-refractivity contribution in [1.82, 2.24) is 0 Å². The fourth-order valence-corrected chi connectivity index (χ4v) is 2.67. The van der Waals surface area contributed by atoms with Gasteiger partial charge in [-0.2, -0.15) is 0 Å². The lowest BCUT2D eigenvalue weighted by Gasteiger charge is -2.19. The molecule has 0 N–H and O–H groups in total. The maximum absolute atomic E-state index is 2.43. The molecule has 0 aromatic rings. The van der Waals surface area contributed by atoms with Gasteiger partial charge in [0, 0.05) is 8.80 Å².